The maximum atomic E-state index is 12.7. The van der Waals surface area contributed by atoms with Crippen LogP contribution in [-0.2, 0) is 0 Å². The Morgan fingerprint density at radius 1 is 0.364 bits per heavy atom. The van der Waals surface area contributed by atoms with Gasteiger partial charge in [-0.25, -0.2) is 0 Å². The van der Waals surface area contributed by atoms with Crippen LogP contribution in [0.3, 0.4) is 0 Å². The number of carbonyl (C=O) groups excluding carboxylic acids is 3. The van der Waals surface area contributed by atoms with Crippen molar-refractivity contribution in [2.75, 3.05) is 54.0 Å². The molecule has 0 saturated heterocycles. The van der Waals surface area contributed by atoms with Gasteiger partial charge in [0.2, 0.25) is 17.3 Å². The van der Waals surface area contributed by atoms with Gasteiger partial charge in [0.15, 0.2) is 5.75 Å². The lowest BCUT2D eigenvalue weighted by Gasteiger charge is -2.24. The van der Waals surface area contributed by atoms with Crippen LogP contribution in [0.15, 0.2) is 109 Å². The zero-order valence-corrected chi connectivity index (χ0v) is 37.7. The number of anilines is 3. The van der Waals surface area contributed by atoms with Gasteiger partial charge in [0.25, 0.3) is 0 Å². The number of phenols is 9. The number of hydrogen-bond donors (Lipinski definition) is 9. The van der Waals surface area contributed by atoms with Crippen LogP contribution in [0.1, 0.15) is 89.3 Å². The number of phenolic OH excluding ortho intramolecular Hbond substituents is 9. The fourth-order valence-corrected chi connectivity index (χ4v) is 7.23. The summed E-state index contributed by atoms with van der Waals surface area (Å²) in [6, 6.07) is 26.4. The van der Waals surface area contributed by atoms with Crippen molar-refractivity contribution in [3.8, 4) is 51.7 Å². The molecule has 0 aliphatic heterocycles. The first-order chi connectivity index (χ1) is 31.5. The molecule has 6 aromatic rings. The van der Waals surface area contributed by atoms with E-state index < -0.39 is 17.3 Å². The van der Waals surface area contributed by atoms with E-state index >= 15 is 0 Å². The van der Waals surface area contributed by atoms with Crippen LogP contribution in [0, 0.1) is 0 Å². The molecule has 0 saturated carbocycles. The van der Waals surface area contributed by atoms with Crippen LogP contribution >= 0.6 is 0 Å². The van der Waals surface area contributed by atoms with E-state index in [1.165, 1.54) is 60.7 Å². The summed E-state index contributed by atoms with van der Waals surface area (Å²) in [5.41, 5.74) is 1.62. The van der Waals surface area contributed by atoms with Gasteiger partial charge < -0.3 is 60.7 Å². The summed E-state index contributed by atoms with van der Waals surface area (Å²) in [7, 11) is 0. The van der Waals surface area contributed by atoms with Crippen molar-refractivity contribution in [3.63, 3.8) is 0 Å². The third-order valence-corrected chi connectivity index (χ3v) is 10.8. The van der Waals surface area contributed by atoms with Crippen LogP contribution in [0.25, 0.3) is 0 Å². The first-order valence-corrected chi connectivity index (χ1v) is 21.4. The molecule has 0 fully saturated rings. The van der Waals surface area contributed by atoms with E-state index in [-0.39, 0.29) is 90.8 Å². The van der Waals surface area contributed by atoms with Gasteiger partial charge in [0.1, 0.15) is 51.7 Å². The van der Waals surface area contributed by atoms with Gasteiger partial charge in [-0.15, -0.1) is 0 Å². The number of rotatable bonds is 15. The third kappa shape index (κ3) is 11.4. The number of para-hydroxylation sites is 3. The fourth-order valence-electron chi connectivity index (χ4n) is 7.23. The number of nitrogens with zero attached hydrogens (tertiary/aromatic N) is 3. The Bertz CT molecular complexity index is 2600. The molecule has 0 radical (unpaired) electrons. The Labute approximate surface area is 383 Å². The van der Waals surface area contributed by atoms with E-state index in [1.807, 2.05) is 51.3 Å². The van der Waals surface area contributed by atoms with Crippen LogP contribution in [0.2, 0.25) is 0 Å². The molecule has 0 aliphatic rings. The predicted octanol–water partition coefficient (Wildman–Crippen LogP) is 8.64. The average molecular weight is 904 g/mol. The fraction of sp³-hybridized carbons (Fsp3) is 0.235. The zero-order valence-electron chi connectivity index (χ0n) is 37.7. The maximum Gasteiger partial charge on any atom is 0.202 e. The lowest BCUT2D eigenvalue weighted by molar-refractivity contribution is 0.102. The molecule has 9 N–H and O–H groups in total. The van der Waals surface area contributed by atoms with Crippen LogP contribution in [0.5, 0.6) is 51.7 Å². The molecule has 0 aliphatic carbocycles. The van der Waals surface area contributed by atoms with Crippen molar-refractivity contribution in [2.45, 2.75) is 41.5 Å². The lowest BCUT2D eigenvalue weighted by Crippen LogP contribution is -2.24. The number of ketones is 3. The molecule has 0 spiro atoms. The average Bonchev–Trinajstić information content (AvgIpc) is 3.29. The number of carbonyl (C=O) groups is 3. The molecular weight excluding hydrogens is 847 g/mol. The Morgan fingerprint density at radius 3 is 1.24 bits per heavy atom. The summed E-state index contributed by atoms with van der Waals surface area (Å²) in [5.74, 6) is -3.13. The van der Waals surface area contributed by atoms with E-state index in [0.29, 0.717) is 50.6 Å². The van der Waals surface area contributed by atoms with Crippen LogP contribution in [-0.4, -0.2) is 103 Å². The second-order valence-corrected chi connectivity index (χ2v) is 14.6. The van der Waals surface area contributed by atoms with Gasteiger partial charge in [-0.3, -0.25) is 14.4 Å². The monoisotopic (exact) mass is 903 g/mol. The summed E-state index contributed by atoms with van der Waals surface area (Å²) < 4.78 is 0. The predicted molar refractivity (Wildman–Crippen MR) is 255 cm³/mol. The molecule has 66 heavy (non-hydrogen) atoms. The van der Waals surface area contributed by atoms with Gasteiger partial charge in [-0.2, -0.15) is 0 Å². The number of aromatic hydroxyl groups is 9. The molecule has 6 rings (SSSR count). The second kappa shape index (κ2) is 23.0. The summed E-state index contributed by atoms with van der Waals surface area (Å²) >= 11 is 0. The Kier molecular flexibility index (Phi) is 17.6. The minimum Gasteiger partial charge on any atom is -0.508 e. The molecule has 15 heteroatoms. The van der Waals surface area contributed by atoms with Crippen LogP contribution in [0.4, 0.5) is 17.1 Å². The molecule has 6 aromatic carbocycles. The minimum absolute atomic E-state index is 0.0428. The molecular formula is C51H57N3O12. The molecule has 348 valence electrons. The topological polar surface area (TPSA) is 243 Å². The largest absolute Gasteiger partial charge is 0.508 e. The smallest absolute Gasteiger partial charge is 0.202 e. The number of benzene rings is 6. The first kappa shape index (κ1) is 50.6. The summed E-state index contributed by atoms with van der Waals surface area (Å²) in [5, 5.41) is 89.7. The quantitative estimate of drug-likeness (QED) is 0.0438. The third-order valence-electron chi connectivity index (χ3n) is 10.8. The Balaban J connectivity index is 0.000000216. The molecule has 0 aromatic heterocycles. The van der Waals surface area contributed by atoms with Crippen molar-refractivity contribution in [2.24, 2.45) is 0 Å². The molecule has 15 nitrogen and oxygen atoms in total. The minimum atomic E-state index is -0.496. The molecule has 0 heterocycles. The lowest BCUT2D eigenvalue weighted by atomic mass is 9.98. The normalized spacial score (nSPS) is 10.5. The molecule has 0 atom stereocenters. The van der Waals surface area contributed by atoms with Gasteiger partial charge in [-0.05, 0) is 96.1 Å². The molecule has 0 bridgehead atoms. The van der Waals surface area contributed by atoms with Crippen molar-refractivity contribution in [1.29, 1.82) is 0 Å². The maximum absolute atomic E-state index is 12.7. The highest BCUT2D eigenvalue weighted by molar-refractivity contribution is 6.16. The summed E-state index contributed by atoms with van der Waals surface area (Å²) in [4.78, 5) is 43.3. The van der Waals surface area contributed by atoms with E-state index in [2.05, 4.69) is 0 Å². The van der Waals surface area contributed by atoms with Crippen molar-refractivity contribution >= 4 is 34.4 Å². The van der Waals surface area contributed by atoms with E-state index in [4.69, 9.17) is 0 Å². The summed E-state index contributed by atoms with van der Waals surface area (Å²) in [6.45, 7) is 15.1. The van der Waals surface area contributed by atoms with E-state index in [1.54, 1.807) is 41.3 Å². The Hall–Kier alpha value is -8.07. The highest BCUT2D eigenvalue weighted by atomic mass is 16.3. The van der Waals surface area contributed by atoms with E-state index in [9.17, 15) is 60.3 Å². The summed E-state index contributed by atoms with van der Waals surface area (Å²) in [6.07, 6.45) is 0. The SMILES string of the molecule is CCN(CC)c1c(O)ccc(C(=O)c2ccccc2O)c1O.CCN(CC)c1cc(C(=O)c2ccccc2O)c(O)cc1O.CCN(CC)c1cc(O)cc(O)c1C(=O)c1ccccc1O. The Morgan fingerprint density at radius 2 is 0.788 bits per heavy atom. The van der Waals surface area contributed by atoms with Crippen molar-refractivity contribution < 1.29 is 60.3 Å². The second-order valence-electron chi connectivity index (χ2n) is 14.6. The van der Waals surface area contributed by atoms with Gasteiger partial charge in [-0.1, -0.05) is 36.4 Å². The van der Waals surface area contributed by atoms with Crippen molar-refractivity contribution in [3.05, 3.63) is 143 Å². The van der Waals surface area contributed by atoms with Gasteiger partial charge >= 0.3 is 0 Å². The highest BCUT2D eigenvalue weighted by Crippen LogP contribution is 2.41. The first-order valence-electron chi connectivity index (χ1n) is 21.4. The van der Waals surface area contributed by atoms with Gasteiger partial charge in [0.05, 0.1) is 44.8 Å². The van der Waals surface area contributed by atoms with Crippen molar-refractivity contribution in [1.82, 2.24) is 0 Å². The zero-order chi connectivity index (χ0) is 48.8. The van der Waals surface area contributed by atoms with E-state index in [0.717, 1.165) is 12.1 Å². The standard InChI is InChI=1S/3C17H19NO4/c1-3-18(4-2)13-9-11(19)10-15(21)16(13)17(22)12-7-5-6-8-14(12)20;1-3-18(4-2)13-9-12(15(20)10-16(13)21)17(22)11-7-5-6-8-14(11)19;1-3-18(4-2)15-14(20)10-9-12(17(15)22)16(21)11-7-5-6-8-13(11)19/h2*5-10,19-21H,3-4H2,1-2H3;5-10,19-20,22H,3-4H2,1-2H3. The number of hydrogen-bond acceptors (Lipinski definition) is 15. The molecule has 0 unspecified atom stereocenters. The highest BCUT2D eigenvalue weighted by Gasteiger charge is 2.26. The molecule has 0 amide bonds. The van der Waals surface area contributed by atoms with Gasteiger partial charge in [0, 0.05) is 57.5 Å². The van der Waals surface area contributed by atoms with Crippen LogP contribution < -0.4 is 14.7 Å².